The molecule has 2 N–H and O–H groups in total. The van der Waals surface area contributed by atoms with Crippen LogP contribution < -0.4 is 5.32 Å². The molecule has 70 valence electrons. The first-order chi connectivity index (χ1) is 6.21. The number of hydrogen-bond acceptors (Lipinski definition) is 3. The van der Waals surface area contributed by atoms with E-state index in [0.29, 0.717) is 19.2 Å². The molecule has 0 unspecified atom stereocenters. The van der Waals surface area contributed by atoms with Crippen molar-refractivity contribution in [3.63, 3.8) is 0 Å². The number of aromatic amines is 1. The molecule has 1 aliphatic heterocycles. The molecule has 1 fully saturated rings. The van der Waals surface area contributed by atoms with Crippen LogP contribution in [0.1, 0.15) is 6.92 Å². The lowest BCUT2D eigenvalue weighted by Gasteiger charge is -2.35. The van der Waals surface area contributed by atoms with Gasteiger partial charge in [0.2, 0.25) is 11.9 Å². The summed E-state index contributed by atoms with van der Waals surface area (Å²) in [6.07, 6.45) is 3.25. The molecule has 1 aromatic rings. The number of carbonyl (C=O) groups is 1. The Morgan fingerprint density at radius 1 is 1.77 bits per heavy atom. The Labute approximate surface area is 75.5 Å². The predicted molar refractivity (Wildman–Crippen MR) is 46.1 cm³/mol. The van der Waals surface area contributed by atoms with Crippen LogP contribution in [-0.4, -0.2) is 29.1 Å². The second kappa shape index (κ2) is 2.85. The second-order valence-electron chi connectivity index (χ2n) is 3.45. The Kier molecular flexibility index (Phi) is 1.81. The van der Waals surface area contributed by atoms with Gasteiger partial charge in [0, 0.05) is 12.4 Å². The summed E-state index contributed by atoms with van der Waals surface area (Å²) in [6.45, 7) is 2.84. The highest BCUT2D eigenvalue weighted by atomic mass is 16.5. The molecule has 1 saturated heterocycles. The topological polar surface area (TPSA) is 67.0 Å². The highest BCUT2D eigenvalue weighted by molar-refractivity contribution is 5.94. The van der Waals surface area contributed by atoms with Crippen LogP contribution in [0.4, 0.5) is 5.95 Å². The van der Waals surface area contributed by atoms with Crippen molar-refractivity contribution in [3.8, 4) is 0 Å². The molecule has 2 rings (SSSR count). The average Bonchev–Trinajstić information content (AvgIpc) is 2.52. The minimum absolute atomic E-state index is 0.0475. The number of hydrogen-bond donors (Lipinski definition) is 2. The Bertz CT molecular complexity index is 303. The number of ether oxygens (including phenoxy) is 1. The zero-order valence-electron chi connectivity index (χ0n) is 7.33. The van der Waals surface area contributed by atoms with Gasteiger partial charge in [0.05, 0.1) is 18.6 Å². The Morgan fingerprint density at radius 3 is 3.00 bits per heavy atom. The van der Waals surface area contributed by atoms with Crippen LogP contribution >= 0.6 is 0 Å². The van der Waals surface area contributed by atoms with Gasteiger partial charge in [-0.3, -0.25) is 10.1 Å². The van der Waals surface area contributed by atoms with Crippen molar-refractivity contribution in [2.24, 2.45) is 5.41 Å². The van der Waals surface area contributed by atoms with Crippen LogP contribution in [0.15, 0.2) is 12.4 Å². The molecule has 0 spiro atoms. The van der Waals surface area contributed by atoms with E-state index in [9.17, 15) is 4.79 Å². The van der Waals surface area contributed by atoms with Gasteiger partial charge in [0.25, 0.3) is 0 Å². The molecular weight excluding hydrogens is 170 g/mol. The third-order valence-corrected chi connectivity index (χ3v) is 2.12. The van der Waals surface area contributed by atoms with E-state index >= 15 is 0 Å². The molecule has 1 aliphatic rings. The average molecular weight is 181 g/mol. The van der Waals surface area contributed by atoms with Crippen LogP contribution in [0.25, 0.3) is 0 Å². The number of imidazole rings is 1. The number of anilines is 1. The predicted octanol–water partition coefficient (Wildman–Crippen LogP) is 0.385. The van der Waals surface area contributed by atoms with E-state index in [4.69, 9.17) is 4.74 Å². The third-order valence-electron chi connectivity index (χ3n) is 2.12. The molecule has 0 atom stereocenters. The van der Waals surface area contributed by atoms with E-state index in [1.54, 1.807) is 12.4 Å². The van der Waals surface area contributed by atoms with Crippen molar-refractivity contribution in [2.45, 2.75) is 6.92 Å². The van der Waals surface area contributed by atoms with Gasteiger partial charge in [-0.25, -0.2) is 4.98 Å². The van der Waals surface area contributed by atoms with E-state index in [1.807, 2.05) is 6.92 Å². The minimum Gasteiger partial charge on any atom is -0.379 e. The van der Waals surface area contributed by atoms with Crippen molar-refractivity contribution in [3.05, 3.63) is 12.4 Å². The molecule has 0 radical (unpaired) electrons. The van der Waals surface area contributed by atoms with Gasteiger partial charge in [0.15, 0.2) is 0 Å². The molecule has 0 bridgehead atoms. The van der Waals surface area contributed by atoms with Gasteiger partial charge >= 0.3 is 0 Å². The van der Waals surface area contributed by atoms with E-state index in [0.717, 1.165) is 0 Å². The number of aromatic nitrogens is 2. The summed E-state index contributed by atoms with van der Waals surface area (Å²) in [7, 11) is 0. The van der Waals surface area contributed by atoms with Gasteiger partial charge in [-0.15, -0.1) is 0 Å². The number of rotatable bonds is 2. The van der Waals surface area contributed by atoms with Crippen LogP contribution in [0.2, 0.25) is 0 Å². The highest BCUT2D eigenvalue weighted by Crippen LogP contribution is 2.27. The zero-order chi connectivity index (χ0) is 9.31. The lowest BCUT2D eigenvalue weighted by atomic mass is 9.88. The maximum Gasteiger partial charge on any atom is 0.237 e. The first-order valence-electron chi connectivity index (χ1n) is 4.09. The van der Waals surface area contributed by atoms with Crippen molar-refractivity contribution in [1.82, 2.24) is 9.97 Å². The number of nitrogens with one attached hydrogen (secondary N) is 2. The summed E-state index contributed by atoms with van der Waals surface area (Å²) in [4.78, 5) is 18.3. The first-order valence-corrected chi connectivity index (χ1v) is 4.09. The number of H-pyrrole nitrogens is 1. The molecule has 1 amide bonds. The second-order valence-corrected chi connectivity index (χ2v) is 3.45. The Hall–Kier alpha value is -1.36. The van der Waals surface area contributed by atoms with E-state index in [-0.39, 0.29) is 11.3 Å². The molecule has 1 aromatic heterocycles. The summed E-state index contributed by atoms with van der Waals surface area (Å²) in [5.41, 5.74) is -0.382. The van der Waals surface area contributed by atoms with Gasteiger partial charge < -0.3 is 9.72 Å². The smallest absolute Gasteiger partial charge is 0.237 e. The minimum atomic E-state index is -0.382. The Balaban J connectivity index is 1.99. The van der Waals surface area contributed by atoms with Gasteiger partial charge in [0.1, 0.15) is 0 Å². The summed E-state index contributed by atoms with van der Waals surface area (Å²) >= 11 is 0. The van der Waals surface area contributed by atoms with Gasteiger partial charge in [-0.2, -0.15) is 0 Å². The van der Waals surface area contributed by atoms with Gasteiger partial charge in [-0.1, -0.05) is 0 Å². The summed E-state index contributed by atoms with van der Waals surface area (Å²) in [5, 5.41) is 2.68. The lowest BCUT2D eigenvalue weighted by molar-refractivity contribution is -0.152. The number of amides is 1. The molecule has 13 heavy (non-hydrogen) atoms. The number of nitrogens with zero attached hydrogens (tertiary/aromatic N) is 1. The fourth-order valence-electron chi connectivity index (χ4n) is 1.13. The molecule has 0 aromatic carbocycles. The standard InChI is InChI=1S/C8H11N3O2/c1-8(4-13-5-8)6(12)11-7-9-2-3-10-7/h2-3H,4-5H2,1H3,(H2,9,10,11,12). The molecule has 5 heteroatoms. The van der Waals surface area contributed by atoms with Crippen molar-refractivity contribution >= 4 is 11.9 Å². The Morgan fingerprint density at radius 2 is 2.54 bits per heavy atom. The molecule has 0 aliphatic carbocycles. The molecule has 0 saturated carbocycles. The monoisotopic (exact) mass is 181 g/mol. The van der Waals surface area contributed by atoms with Crippen molar-refractivity contribution < 1.29 is 9.53 Å². The molecule has 5 nitrogen and oxygen atoms in total. The fraction of sp³-hybridized carbons (Fsp3) is 0.500. The lowest BCUT2D eigenvalue weighted by Crippen LogP contribution is -2.49. The quantitative estimate of drug-likeness (QED) is 0.693. The maximum atomic E-state index is 11.6. The highest BCUT2D eigenvalue weighted by Gasteiger charge is 2.41. The SMILES string of the molecule is CC1(C(=O)Nc2ncc[nH]2)COC1. The van der Waals surface area contributed by atoms with E-state index < -0.39 is 0 Å². The van der Waals surface area contributed by atoms with E-state index in [2.05, 4.69) is 15.3 Å². The van der Waals surface area contributed by atoms with Crippen molar-refractivity contribution in [1.29, 1.82) is 0 Å². The van der Waals surface area contributed by atoms with Gasteiger partial charge in [-0.05, 0) is 6.92 Å². The van der Waals surface area contributed by atoms with Crippen LogP contribution in [0.3, 0.4) is 0 Å². The largest absolute Gasteiger partial charge is 0.379 e. The fourth-order valence-corrected chi connectivity index (χ4v) is 1.13. The number of carbonyl (C=O) groups excluding carboxylic acids is 1. The third kappa shape index (κ3) is 1.42. The normalized spacial score (nSPS) is 19.2. The van der Waals surface area contributed by atoms with E-state index in [1.165, 1.54) is 0 Å². The summed E-state index contributed by atoms with van der Waals surface area (Å²) in [5.74, 6) is 0.437. The zero-order valence-corrected chi connectivity index (χ0v) is 7.33. The summed E-state index contributed by atoms with van der Waals surface area (Å²) < 4.78 is 4.99. The molecule has 2 heterocycles. The van der Waals surface area contributed by atoms with Crippen LogP contribution in [0, 0.1) is 5.41 Å². The van der Waals surface area contributed by atoms with Crippen LogP contribution in [0.5, 0.6) is 0 Å². The molecular formula is C8H11N3O2. The first kappa shape index (κ1) is 8.25. The maximum absolute atomic E-state index is 11.6. The van der Waals surface area contributed by atoms with Crippen molar-refractivity contribution in [2.75, 3.05) is 18.5 Å². The van der Waals surface area contributed by atoms with Crippen LogP contribution in [-0.2, 0) is 9.53 Å². The summed E-state index contributed by atoms with van der Waals surface area (Å²) in [6, 6.07) is 0.